The van der Waals surface area contributed by atoms with E-state index in [4.69, 9.17) is 18.6 Å². The van der Waals surface area contributed by atoms with Gasteiger partial charge in [0.2, 0.25) is 5.95 Å². The van der Waals surface area contributed by atoms with E-state index in [0.29, 0.717) is 11.7 Å². The minimum atomic E-state index is 0.147. The Balaban J connectivity index is 1.77. The highest BCUT2D eigenvalue weighted by atomic mass is 16.5. The summed E-state index contributed by atoms with van der Waals surface area (Å²) >= 11 is 0. The molecule has 0 N–H and O–H groups in total. The molecule has 124 valence electrons. The average molecular weight is 325 g/mol. The Bertz CT molecular complexity index is 789. The van der Waals surface area contributed by atoms with Gasteiger partial charge in [0.05, 0.1) is 30.3 Å². The van der Waals surface area contributed by atoms with Crippen LogP contribution in [0.1, 0.15) is 13.8 Å². The standard InChI is InChI=1S/C18H19N3O3/c1-12-10-21(11-13(2)24-12)18-19-9-14(15-5-3-7-22-15)17(20-18)16-6-4-8-23-16/h3-9,12-13H,10-11H2,1-2H3/t12-,13+. The molecule has 0 radical (unpaired) electrons. The normalized spacial score (nSPS) is 21.2. The van der Waals surface area contributed by atoms with Crippen LogP contribution in [-0.4, -0.2) is 35.3 Å². The van der Waals surface area contributed by atoms with Gasteiger partial charge in [0.15, 0.2) is 5.76 Å². The zero-order valence-corrected chi connectivity index (χ0v) is 13.7. The lowest BCUT2D eigenvalue weighted by molar-refractivity contribution is -0.00571. The Labute approximate surface area is 140 Å². The molecular formula is C18H19N3O3. The molecule has 0 bridgehead atoms. The summed E-state index contributed by atoms with van der Waals surface area (Å²) in [5, 5.41) is 0. The maximum Gasteiger partial charge on any atom is 0.226 e. The molecule has 0 spiro atoms. The minimum Gasteiger partial charge on any atom is -0.464 e. The summed E-state index contributed by atoms with van der Waals surface area (Å²) in [4.78, 5) is 11.5. The number of anilines is 1. The van der Waals surface area contributed by atoms with Crippen LogP contribution in [-0.2, 0) is 4.74 Å². The second kappa shape index (κ2) is 6.13. The van der Waals surface area contributed by atoms with Gasteiger partial charge in [0, 0.05) is 19.3 Å². The monoisotopic (exact) mass is 325 g/mol. The second-order valence-corrected chi connectivity index (χ2v) is 6.05. The summed E-state index contributed by atoms with van der Waals surface area (Å²) in [6.07, 6.45) is 5.37. The number of hydrogen-bond acceptors (Lipinski definition) is 6. The molecule has 1 saturated heterocycles. The molecule has 3 aromatic rings. The van der Waals surface area contributed by atoms with E-state index in [2.05, 4.69) is 23.7 Å². The molecule has 6 heteroatoms. The molecule has 6 nitrogen and oxygen atoms in total. The molecule has 4 heterocycles. The molecule has 0 aliphatic carbocycles. The fourth-order valence-electron chi connectivity index (χ4n) is 3.08. The molecule has 2 atom stereocenters. The van der Waals surface area contributed by atoms with Crippen LogP contribution in [0, 0.1) is 0 Å². The fourth-order valence-corrected chi connectivity index (χ4v) is 3.08. The van der Waals surface area contributed by atoms with Crippen molar-refractivity contribution in [2.45, 2.75) is 26.1 Å². The van der Waals surface area contributed by atoms with Gasteiger partial charge < -0.3 is 18.5 Å². The van der Waals surface area contributed by atoms with E-state index in [1.54, 1.807) is 18.7 Å². The Morgan fingerprint density at radius 3 is 2.29 bits per heavy atom. The third kappa shape index (κ3) is 2.80. The minimum absolute atomic E-state index is 0.147. The molecule has 24 heavy (non-hydrogen) atoms. The van der Waals surface area contributed by atoms with Gasteiger partial charge in [0.25, 0.3) is 0 Å². The van der Waals surface area contributed by atoms with E-state index in [1.165, 1.54) is 0 Å². The van der Waals surface area contributed by atoms with E-state index in [0.717, 1.165) is 30.1 Å². The zero-order chi connectivity index (χ0) is 16.5. The molecule has 1 aliphatic heterocycles. The number of rotatable bonds is 3. The van der Waals surface area contributed by atoms with Gasteiger partial charge in [-0.1, -0.05) is 0 Å². The lowest BCUT2D eigenvalue weighted by Gasteiger charge is -2.35. The zero-order valence-electron chi connectivity index (χ0n) is 13.7. The first-order valence-corrected chi connectivity index (χ1v) is 8.06. The topological polar surface area (TPSA) is 64.5 Å². The molecule has 0 unspecified atom stereocenters. The maximum atomic E-state index is 5.79. The van der Waals surface area contributed by atoms with Gasteiger partial charge >= 0.3 is 0 Å². The molecule has 0 saturated carbocycles. The average Bonchev–Trinajstić information content (AvgIpc) is 3.27. The number of nitrogens with zero attached hydrogens (tertiary/aromatic N) is 3. The number of hydrogen-bond donors (Lipinski definition) is 0. The predicted octanol–water partition coefficient (Wildman–Crippen LogP) is 3.61. The molecule has 0 aromatic carbocycles. The molecule has 4 rings (SSSR count). The van der Waals surface area contributed by atoms with Crippen LogP contribution in [0.3, 0.4) is 0 Å². The van der Waals surface area contributed by atoms with Crippen molar-refractivity contribution < 1.29 is 13.6 Å². The van der Waals surface area contributed by atoms with Gasteiger partial charge in [-0.25, -0.2) is 9.97 Å². The van der Waals surface area contributed by atoms with Gasteiger partial charge in [-0.2, -0.15) is 0 Å². The molecule has 1 fully saturated rings. The Hall–Kier alpha value is -2.60. The Morgan fingerprint density at radius 1 is 1.00 bits per heavy atom. The van der Waals surface area contributed by atoms with E-state index in [1.807, 2.05) is 24.3 Å². The Morgan fingerprint density at radius 2 is 1.67 bits per heavy atom. The largest absolute Gasteiger partial charge is 0.464 e. The summed E-state index contributed by atoms with van der Waals surface area (Å²) in [5.74, 6) is 2.09. The molecule has 0 amide bonds. The van der Waals surface area contributed by atoms with Crippen LogP contribution in [0.25, 0.3) is 22.8 Å². The lowest BCUT2D eigenvalue weighted by Crippen LogP contribution is -2.46. The highest BCUT2D eigenvalue weighted by Crippen LogP contribution is 2.32. The summed E-state index contributed by atoms with van der Waals surface area (Å²) in [6, 6.07) is 7.48. The van der Waals surface area contributed by atoms with Gasteiger partial charge in [-0.3, -0.25) is 0 Å². The van der Waals surface area contributed by atoms with Crippen molar-refractivity contribution in [1.82, 2.24) is 9.97 Å². The van der Waals surface area contributed by atoms with Crippen molar-refractivity contribution in [2.24, 2.45) is 0 Å². The number of ether oxygens (including phenoxy) is 1. The molecule has 3 aromatic heterocycles. The van der Waals surface area contributed by atoms with Crippen molar-refractivity contribution in [3.63, 3.8) is 0 Å². The summed E-state index contributed by atoms with van der Waals surface area (Å²) in [7, 11) is 0. The molecular weight excluding hydrogens is 306 g/mol. The summed E-state index contributed by atoms with van der Waals surface area (Å²) < 4.78 is 16.9. The Kier molecular flexibility index (Phi) is 3.82. The number of furan rings is 2. The predicted molar refractivity (Wildman–Crippen MR) is 89.7 cm³/mol. The highest BCUT2D eigenvalue weighted by Gasteiger charge is 2.25. The van der Waals surface area contributed by atoms with Crippen molar-refractivity contribution in [3.05, 3.63) is 43.0 Å². The third-order valence-electron chi connectivity index (χ3n) is 4.02. The third-order valence-corrected chi connectivity index (χ3v) is 4.02. The first kappa shape index (κ1) is 15.0. The first-order valence-electron chi connectivity index (χ1n) is 8.06. The van der Waals surface area contributed by atoms with Crippen molar-refractivity contribution in [1.29, 1.82) is 0 Å². The SMILES string of the molecule is C[C@@H]1CN(c2ncc(-c3ccco3)c(-c3ccco3)n2)C[C@H](C)O1. The smallest absolute Gasteiger partial charge is 0.226 e. The van der Waals surface area contributed by atoms with E-state index in [9.17, 15) is 0 Å². The van der Waals surface area contributed by atoms with E-state index >= 15 is 0 Å². The molecule has 1 aliphatic rings. The van der Waals surface area contributed by atoms with Crippen LogP contribution >= 0.6 is 0 Å². The van der Waals surface area contributed by atoms with Crippen LogP contribution in [0.15, 0.2) is 51.8 Å². The fraction of sp³-hybridized carbons (Fsp3) is 0.333. The van der Waals surface area contributed by atoms with Crippen LogP contribution in [0.5, 0.6) is 0 Å². The number of morpholine rings is 1. The van der Waals surface area contributed by atoms with Crippen LogP contribution in [0.4, 0.5) is 5.95 Å². The summed E-state index contributed by atoms with van der Waals surface area (Å²) in [6.45, 7) is 5.66. The van der Waals surface area contributed by atoms with Crippen LogP contribution in [0.2, 0.25) is 0 Å². The second-order valence-electron chi connectivity index (χ2n) is 6.05. The van der Waals surface area contributed by atoms with Crippen molar-refractivity contribution in [3.8, 4) is 22.8 Å². The quantitative estimate of drug-likeness (QED) is 0.733. The van der Waals surface area contributed by atoms with E-state index in [-0.39, 0.29) is 12.2 Å². The van der Waals surface area contributed by atoms with Gasteiger partial charge in [-0.05, 0) is 38.1 Å². The van der Waals surface area contributed by atoms with E-state index < -0.39 is 0 Å². The van der Waals surface area contributed by atoms with Gasteiger partial charge in [0.1, 0.15) is 11.5 Å². The van der Waals surface area contributed by atoms with Gasteiger partial charge in [-0.15, -0.1) is 0 Å². The first-order chi connectivity index (χ1) is 11.7. The van der Waals surface area contributed by atoms with Crippen molar-refractivity contribution >= 4 is 5.95 Å². The van der Waals surface area contributed by atoms with Crippen molar-refractivity contribution in [2.75, 3.05) is 18.0 Å². The lowest BCUT2D eigenvalue weighted by atomic mass is 10.1. The maximum absolute atomic E-state index is 5.79. The van der Waals surface area contributed by atoms with Crippen LogP contribution < -0.4 is 4.90 Å². The highest BCUT2D eigenvalue weighted by molar-refractivity contribution is 5.75. The number of aromatic nitrogens is 2. The summed E-state index contributed by atoms with van der Waals surface area (Å²) in [5.41, 5.74) is 1.54.